The molecule has 0 radical (unpaired) electrons. The zero-order chi connectivity index (χ0) is 19.6. The Morgan fingerprint density at radius 2 is 1.67 bits per heavy atom. The summed E-state index contributed by atoms with van der Waals surface area (Å²) < 4.78 is 5.62. The van der Waals surface area contributed by atoms with Crippen molar-refractivity contribution in [2.45, 2.75) is 37.4 Å². The number of aliphatic hydroxyl groups excluding tert-OH is 4. The molecule has 144 valence electrons. The van der Waals surface area contributed by atoms with Gasteiger partial charge in [-0.3, -0.25) is 4.79 Å². The van der Waals surface area contributed by atoms with Gasteiger partial charge in [0.25, 0.3) is 0 Å². The largest absolute Gasteiger partial charge is 0.394 e. The Labute approximate surface area is 156 Å². The molecule has 0 aliphatic carbocycles. The standard InChI is InChI=1S/C20H23NO6/c1-11(23)21-15-7-3-5-13(9-15)12-4-2-6-14(8-12)20-19(26)18(25)17(24)16(10-22)27-20/h2-9,16-20,22,24-26H,10H2,1H3,(H,21,23). The van der Waals surface area contributed by atoms with Crippen molar-refractivity contribution >= 4 is 11.6 Å². The van der Waals surface area contributed by atoms with E-state index in [1.54, 1.807) is 24.3 Å². The zero-order valence-electron chi connectivity index (χ0n) is 14.8. The highest BCUT2D eigenvalue weighted by Crippen LogP contribution is 2.34. The number of hydrogen-bond acceptors (Lipinski definition) is 6. The van der Waals surface area contributed by atoms with Crippen LogP contribution >= 0.6 is 0 Å². The second-order valence-electron chi connectivity index (χ2n) is 6.64. The van der Waals surface area contributed by atoms with E-state index in [9.17, 15) is 25.2 Å². The molecule has 5 N–H and O–H groups in total. The minimum Gasteiger partial charge on any atom is -0.394 e. The van der Waals surface area contributed by atoms with Crippen molar-refractivity contribution in [1.82, 2.24) is 0 Å². The summed E-state index contributed by atoms with van der Waals surface area (Å²) in [6, 6.07) is 14.5. The van der Waals surface area contributed by atoms with Gasteiger partial charge in [0, 0.05) is 12.6 Å². The third kappa shape index (κ3) is 4.18. The summed E-state index contributed by atoms with van der Waals surface area (Å²) in [6.07, 6.45) is -5.99. The Kier molecular flexibility index (Phi) is 5.88. The number of amides is 1. The molecule has 1 heterocycles. The molecule has 0 bridgehead atoms. The SMILES string of the molecule is CC(=O)Nc1cccc(-c2cccc(C3OC(CO)C(O)C(O)C3O)c2)c1. The smallest absolute Gasteiger partial charge is 0.221 e. The van der Waals surface area contributed by atoms with E-state index in [0.717, 1.165) is 11.1 Å². The van der Waals surface area contributed by atoms with Crippen LogP contribution in [0.1, 0.15) is 18.6 Å². The lowest BCUT2D eigenvalue weighted by Crippen LogP contribution is -2.55. The second-order valence-corrected chi connectivity index (χ2v) is 6.64. The van der Waals surface area contributed by atoms with Crippen LogP contribution in [-0.4, -0.2) is 57.4 Å². The highest BCUT2D eigenvalue weighted by Gasteiger charge is 2.43. The Balaban J connectivity index is 1.90. The number of nitrogens with one attached hydrogen (secondary N) is 1. The third-order valence-electron chi connectivity index (χ3n) is 4.62. The van der Waals surface area contributed by atoms with Crippen molar-refractivity contribution in [2.75, 3.05) is 11.9 Å². The van der Waals surface area contributed by atoms with Crippen LogP contribution in [0.25, 0.3) is 11.1 Å². The number of benzene rings is 2. The normalized spacial score (nSPS) is 28.0. The van der Waals surface area contributed by atoms with Gasteiger partial charge in [0.05, 0.1) is 6.61 Å². The van der Waals surface area contributed by atoms with Crippen LogP contribution in [0.3, 0.4) is 0 Å². The Bertz CT molecular complexity index is 809. The number of anilines is 1. The van der Waals surface area contributed by atoms with E-state index in [1.165, 1.54) is 6.92 Å². The van der Waals surface area contributed by atoms with Crippen LogP contribution in [-0.2, 0) is 9.53 Å². The van der Waals surface area contributed by atoms with E-state index in [2.05, 4.69) is 5.32 Å². The topological polar surface area (TPSA) is 119 Å². The van der Waals surface area contributed by atoms with Gasteiger partial charge in [0.2, 0.25) is 5.91 Å². The van der Waals surface area contributed by atoms with Gasteiger partial charge in [-0.05, 0) is 34.9 Å². The minimum atomic E-state index is -1.42. The predicted octanol–water partition coefficient (Wildman–Crippen LogP) is 0.827. The number of carbonyl (C=O) groups excluding carboxylic acids is 1. The molecule has 7 nitrogen and oxygen atoms in total. The predicted molar refractivity (Wildman–Crippen MR) is 98.9 cm³/mol. The molecule has 1 amide bonds. The molecule has 3 rings (SSSR count). The summed E-state index contributed by atoms with van der Waals surface area (Å²) in [6.45, 7) is 0.965. The fourth-order valence-corrected chi connectivity index (χ4v) is 3.25. The first-order chi connectivity index (χ1) is 12.9. The average molecular weight is 373 g/mol. The molecular formula is C20H23NO6. The second kappa shape index (κ2) is 8.16. The van der Waals surface area contributed by atoms with Crippen molar-refractivity contribution in [2.24, 2.45) is 0 Å². The van der Waals surface area contributed by atoms with E-state index < -0.39 is 37.1 Å². The summed E-state index contributed by atoms with van der Waals surface area (Å²) in [5, 5.41) is 42.3. The first kappa shape index (κ1) is 19.5. The summed E-state index contributed by atoms with van der Waals surface area (Å²) >= 11 is 0. The highest BCUT2D eigenvalue weighted by atomic mass is 16.5. The highest BCUT2D eigenvalue weighted by molar-refractivity contribution is 5.89. The first-order valence-electron chi connectivity index (χ1n) is 8.69. The molecule has 1 aliphatic rings. The molecule has 2 aromatic carbocycles. The van der Waals surface area contributed by atoms with Gasteiger partial charge < -0.3 is 30.5 Å². The van der Waals surface area contributed by atoms with Crippen LogP contribution in [0.5, 0.6) is 0 Å². The number of hydrogen-bond donors (Lipinski definition) is 5. The average Bonchev–Trinajstić information content (AvgIpc) is 2.66. The molecule has 1 aliphatic heterocycles. The van der Waals surface area contributed by atoms with Crippen LogP contribution in [0.4, 0.5) is 5.69 Å². The maximum atomic E-state index is 11.3. The Morgan fingerprint density at radius 3 is 2.33 bits per heavy atom. The summed E-state index contributed by atoms with van der Waals surface area (Å²) in [7, 11) is 0. The van der Waals surface area contributed by atoms with E-state index in [0.29, 0.717) is 11.3 Å². The zero-order valence-corrected chi connectivity index (χ0v) is 14.8. The molecular weight excluding hydrogens is 350 g/mol. The lowest BCUT2D eigenvalue weighted by Gasteiger charge is -2.40. The van der Waals surface area contributed by atoms with Gasteiger partial charge in [-0.2, -0.15) is 0 Å². The maximum absolute atomic E-state index is 11.3. The number of aliphatic hydroxyl groups is 4. The Morgan fingerprint density at radius 1 is 1.00 bits per heavy atom. The molecule has 27 heavy (non-hydrogen) atoms. The van der Waals surface area contributed by atoms with Crippen LogP contribution in [0.2, 0.25) is 0 Å². The molecule has 0 spiro atoms. The molecule has 2 aromatic rings. The molecule has 5 atom stereocenters. The monoisotopic (exact) mass is 373 g/mol. The van der Waals surface area contributed by atoms with E-state index in [-0.39, 0.29) is 5.91 Å². The van der Waals surface area contributed by atoms with Gasteiger partial charge in [0.1, 0.15) is 30.5 Å². The molecule has 0 aromatic heterocycles. The molecule has 5 unspecified atom stereocenters. The number of rotatable bonds is 4. The lowest BCUT2D eigenvalue weighted by atomic mass is 9.90. The van der Waals surface area contributed by atoms with Gasteiger partial charge in [-0.25, -0.2) is 0 Å². The molecule has 1 fully saturated rings. The van der Waals surface area contributed by atoms with Crippen LogP contribution in [0, 0.1) is 0 Å². The first-order valence-corrected chi connectivity index (χ1v) is 8.69. The third-order valence-corrected chi connectivity index (χ3v) is 4.62. The van der Waals surface area contributed by atoms with E-state index >= 15 is 0 Å². The number of ether oxygens (including phenoxy) is 1. The van der Waals surface area contributed by atoms with Crippen molar-refractivity contribution < 1.29 is 30.0 Å². The lowest BCUT2D eigenvalue weighted by molar-refractivity contribution is -0.231. The molecule has 1 saturated heterocycles. The maximum Gasteiger partial charge on any atom is 0.221 e. The van der Waals surface area contributed by atoms with Gasteiger partial charge >= 0.3 is 0 Å². The summed E-state index contributed by atoms with van der Waals surface area (Å²) in [4.78, 5) is 11.3. The molecule has 7 heteroatoms. The van der Waals surface area contributed by atoms with Crippen molar-refractivity contribution in [3.8, 4) is 11.1 Å². The van der Waals surface area contributed by atoms with Crippen molar-refractivity contribution in [1.29, 1.82) is 0 Å². The fourth-order valence-electron chi connectivity index (χ4n) is 3.25. The quantitative estimate of drug-likeness (QED) is 0.542. The van der Waals surface area contributed by atoms with Crippen LogP contribution < -0.4 is 5.32 Å². The van der Waals surface area contributed by atoms with Crippen molar-refractivity contribution in [3.63, 3.8) is 0 Å². The van der Waals surface area contributed by atoms with Gasteiger partial charge in [-0.15, -0.1) is 0 Å². The summed E-state index contributed by atoms with van der Waals surface area (Å²) in [5.41, 5.74) is 2.96. The summed E-state index contributed by atoms with van der Waals surface area (Å²) in [5.74, 6) is -0.165. The van der Waals surface area contributed by atoms with E-state index in [4.69, 9.17) is 4.74 Å². The minimum absolute atomic E-state index is 0.165. The van der Waals surface area contributed by atoms with Crippen LogP contribution in [0.15, 0.2) is 48.5 Å². The van der Waals surface area contributed by atoms with Gasteiger partial charge in [-0.1, -0.05) is 30.3 Å². The fraction of sp³-hybridized carbons (Fsp3) is 0.350. The Hall–Kier alpha value is -2.29. The molecule has 0 saturated carbocycles. The number of carbonyl (C=O) groups is 1. The van der Waals surface area contributed by atoms with Gasteiger partial charge in [0.15, 0.2) is 0 Å². The van der Waals surface area contributed by atoms with E-state index in [1.807, 2.05) is 24.3 Å². The van der Waals surface area contributed by atoms with Crippen molar-refractivity contribution in [3.05, 3.63) is 54.1 Å².